The van der Waals surface area contributed by atoms with Crippen LogP contribution in [0.1, 0.15) is 37.9 Å². The quantitative estimate of drug-likeness (QED) is 0.413. The number of rotatable bonds is 7. The Hall–Kier alpha value is -3.65. The molecule has 8 heteroatoms. The number of thiazole rings is 1. The number of hydrogen-bond acceptors (Lipinski definition) is 6. The average Bonchev–Trinajstić information content (AvgIpc) is 3.34. The molecule has 0 aliphatic carbocycles. The molecule has 0 fully saturated rings. The molecule has 2 heterocycles. The normalized spacial score (nSPS) is 10.8. The van der Waals surface area contributed by atoms with E-state index in [9.17, 15) is 4.79 Å². The number of nitrogens with one attached hydrogen (secondary N) is 1. The zero-order chi connectivity index (χ0) is 23.5. The lowest BCUT2D eigenvalue weighted by atomic mass is 10.0. The first-order valence-corrected chi connectivity index (χ1v) is 11.3. The van der Waals surface area contributed by atoms with Gasteiger partial charge in [0.05, 0.1) is 25.6 Å². The van der Waals surface area contributed by atoms with Crippen molar-refractivity contribution in [2.75, 3.05) is 19.5 Å². The Morgan fingerprint density at radius 2 is 1.73 bits per heavy atom. The molecule has 170 valence electrons. The molecule has 4 rings (SSSR count). The fourth-order valence-corrected chi connectivity index (χ4v) is 4.60. The predicted octanol–water partition coefficient (Wildman–Crippen LogP) is 5.11. The third-order valence-corrected chi connectivity index (χ3v) is 6.61. The number of aromatic nitrogens is 3. The van der Waals surface area contributed by atoms with E-state index in [1.54, 1.807) is 20.3 Å². The van der Waals surface area contributed by atoms with Crippen molar-refractivity contribution in [2.45, 2.75) is 27.2 Å². The maximum atomic E-state index is 12.9. The summed E-state index contributed by atoms with van der Waals surface area (Å²) < 4.78 is 12.3. The molecule has 0 unspecified atom stereocenters. The second kappa shape index (κ2) is 9.46. The van der Waals surface area contributed by atoms with Gasteiger partial charge >= 0.3 is 0 Å². The molecular formula is C25H26N4O3S. The summed E-state index contributed by atoms with van der Waals surface area (Å²) in [5.74, 6) is 1.31. The van der Waals surface area contributed by atoms with Crippen LogP contribution in [0.4, 0.5) is 5.69 Å². The topological polar surface area (TPSA) is 78.3 Å². The van der Waals surface area contributed by atoms with E-state index < -0.39 is 0 Å². The van der Waals surface area contributed by atoms with E-state index in [1.165, 1.54) is 16.9 Å². The summed E-state index contributed by atoms with van der Waals surface area (Å²) in [5, 5.41) is 8.32. The summed E-state index contributed by atoms with van der Waals surface area (Å²) in [7, 11) is 3.26. The van der Waals surface area contributed by atoms with Crippen LogP contribution in [0.3, 0.4) is 0 Å². The van der Waals surface area contributed by atoms with Crippen LogP contribution in [0.15, 0.2) is 48.5 Å². The maximum Gasteiger partial charge on any atom is 0.267 e. The molecule has 2 aromatic carbocycles. The van der Waals surface area contributed by atoms with Gasteiger partial charge in [0.15, 0.2) is 0 Å². The first-order valence-electron chi connectivity index (χ1n) is 10.5. The summed E-state index contributed by atoms with van der Waals surface area (Å²) in [6.45, 7) is 5.87. The van der Waals surface area contributed by atoms with Crippen LogP contribution in [0, 0.1) is 20.8 Å². The van der Waals surface area contributed by atoms with Crippen molar-refractivity contribution in [1.82, 2.24) is 14.8 Å². The van der Waals surface area contributed by atoms with Gasteiger partial charge in [0.2, 0.25) is 5.13 Å². The first kappa shape index (κ1) is 22.5. The van der Waals surface area contributed by atoms with E-state index in [0.29, 0.717) is 27.1 Å². The minimum Gasteiger partial charge on any atom is -0.497 e. The number of anilines is 1. The minimum atomic E-state index is -0.204. The fourth-order valence-electron chi connectivity index (χ4n) is 3.64. The molecule has 33 heavy (non-hydrogen) atoms. The van der Waals surface area contributed by atoms with E-state index in [2.05, 4.69) is 22.4 Å². The Morgan fingerprint density at radius 3 is 2.42 bits per heavy atom. The second-order valence-corrected chi connectivity index (χ2v) is 8.66. The highest BCUT2D eigenvalue weighted by molar-refractivity contribution is 7.16. The van der Waals surface area contributed by atoms with Crippen molar-refractivity contribution in [2.24, 2.45) is 0 Å². The molecular weight excluding hydrogens is 436 g/mol. The zero-order valence-corrected chi connectivity index (χ0v) is 20.1. The van der Waals surface area contributed by atoms with Gasteiger partial charge in [-0.2, -0.15) is 5.10 Å². The van der Waals surface area contributed by atoms with E-state index in [-0.39, 0.29) is 5.91 Å². The summed E-state index contributed by atoms with van der Waals surface area (Å²) in [6.07, 6.45) is 0.759. The maximum absolute atomic E-state index is 12.9. The zero-order valence-electron chi connectivity index (χ0n) is 19.3. The molecule has 0 aliphatic heterocycles. The molecule has 0 saturated carbocycles. The van der Waals surface area contributed by atoms with Gasteiger partial charge in [-0.1, -0.05) is 29.5 Å². The molecule has 7 nitrogen and oxygen atoms in total. The van der Waals surface area contributed by atoms with Crippen LogP contribution < -0.4 is 14.8 Å². The lowest BCUT2D eigenvalue weighted by Crippen LogP contribution is -2.11. The van der Waals surface area contributed by atoms with Crippen LogP contribution in [-0.2, 0) is 6.42 Å². The Labute approximate surface area is 197 Å². The minimum absolute atomic E-state index is 0.204. The van der Waals surface area contributed by atoms with E-state index in [1.807, 2.05) is 55.8 Å². The molecule has 0 radical (unpaired) electrons. The average molecular weight is 463 g/mol. The SMILES string of the molecule is COc1ccc(Cc2c(C)nn(-c3nc(C)c(C(=O)Nc4cccc(OC)c4)s3)c2C)cc1. The van der Waals surface area contributed by atoms with Crippen molar-refractivity contribution in [3.8, 4) is 16.6 Å². The van der Waals surface area contributed by atoms with Gasteiger partial charge in [0.25, 0.3) is 5.91 Å². The molecule has 4 aromatic rings. The number of benzene rings is 2. The monoisotopic (exact) mass is 462 g/mol. The first-order chi connectivity index (χ1) is 15.9. The van der Waals surface area contributed by atoms with Crippen molar-refractivity contribution >= 4 is 22.9 Å². The van der Waals surface area contributed by atoms with Crippen LogP contribution >= 0.6 is 11.3 Å². The lowest BCUT2D eigenvalue weighted by Gasteiger charge is -2.06. The van der Waals surface area contributed by atoms with Crippen molar-refractivity contribution in [3.63, 3.8) is 0 Å². The molecule has 0 spiro atoms. The molecule has 0 atom stereocenters. The summed E-state index contributed by atoms with van der Waals surface area (Å²) in [5.41, 5.74) is 5.61. The summed E-state index contributed by atoms with van der Waals surface area (Å²) >= 11 is 1.33. The smallest absolute Gasteiger partial charge is 0.267 e. The number of carbonyl (C=O) groups excluding carboxylic acids is 1. The van der Waals surface area contributed by atoms with Crippen LogP contribution in [0.25, 0.3) is 5.13 Å². The van der Waals surface area contributed by atoms with Gasteiger partial charge in [-0.15, -0.1) is 0 Å². The molecule has 0 bridgehead atoms. The third kappa shape index (κ3) is 4.75. The Balaban J connectivity index is 1.58. The number of aryl methyl sites for hydroxylation is 2. The van der Waals surface area contributed by atoms with Crippen LogP contribution in [0.2, 0.25) is 0 Å². The summed E-state index contributed by atoms with van der Waals surface area (Å²) in [4.78, 5) is 18.1. The van der Waals surface area contributed by atoms with E-state index >= 15 is 0 Å². The van der Waals surface area contributed by atoms with Crippen LogP contribution in [0.5, 0.6) is 11.5 Å². The highest BCUT2D eigenvalue weighted by Crippen LogP contribution is 2.27. The fraction of sp³-hybridized carbons (Fsp3) is 0.240. The second-order valence-electron chi connectivity index (χ2n) is 7.68. The lowest BCUT2D eigenvalue weighted by molar-refractivity contribution is 0.103. The number of ether oxygens (including phenoxy) is 2. The summed E-state index contributed by atoms with van der Waals surface area (Å²) in [6, 6.07) is 15.3. The molecule has 1 amide bonds. The van der Waals surface area contributed by atoms with Crippen molar-refractivity contribution < 1.29 is 14.3 Å². The van der Waals surface area contributed by atoms with Gasteiger partial charge in [-0.25, -0.2) is 9.67 Å². The number of nitrogens with zero attached hydrogens (tertiary/aromatic N) is 3. The highest BCUT2D eigenvalue weighted by atomic mass is 32.1. The molecule has 0 aliphatic rings. The van der Waals surface area contributed by atoms with Gasteiger partial charge < -0.3 is 14.8 Å². The van der Waals surface area contributed by atoms with Gasteiger partial charge in [0.1, 0.15) is 16.4 Å². The van der Waals surface area contributed by atoms with Crippen molar-refractivity contribution in [3.05, 3.63) is 81.6 Å². The highest BCUT2D eigenvalue weighted by Gasteiger charge is 2.20. The Kier molecular flexibility index (Phi) is 6.46. The number of carbonyl (C=O) groups is 1. The molecule has 1 N–H and O–H groups in total. The Bertz CT molecular complexity index is 1290. The standard InChI is InChI=1S/C25H26N4O3S/c1-15-22(13-18-9-11-20(31-4)12-10-18)17(3)29(28-15)25-26-16(2)23(33-25)24(30)27-19-7-6-8-21(14-19)32-5/h6-12,14H,13H2,1-5H3,(H,27,30). The van der Waals surface area contributed by atoms with Gasteiger partial charge in [-0.05, 0) is 50.6 Å². The third-order valence-electron chi connectivity index (χ3n) is 5.48. The largest absolute Gasteiger partial charge is 0.497 e. The van der Waals surface area contributed by atoms with Crippen LogP contribution in [-0.4, -0.2) is 34.9 Å². The number of hydrogen-bond donors (Lipinski definition) is 1. The molecule has 0 saturated heterocycles. The predicted molar refractivity (Wildman–Crippen MR) is 130 cm³/mol. The Morgan fingerprint density at radius 1 is 1.00 bits per heavy atom. The molecule has 2 aromatic heterocycles. The van der Waals surface area contributed by atoms with Crippen molar-refractivity contribution in [1.29, 1.82) is 0 Å². The van der Waals surface area contributed by atoms with Gasteiger partial charge in [0, 0.05) is 29.4 Å². The van der Waals surface area contributed by atoms with E-state index in [4.69, 9.17) is 14.6 Å². The van der Waals surface area contributed by atoms with Gasteiger partial charge in [-0.3, -0.25) is 4.79 Å². The number of amides is 1. The van der Waals surface area contributed by atoms with E-state index in [0.717, 1.165) is 29.1 Å². The number of methoxy groups -OCH3 is 2.